The van der Waals surface area contributed by atoms with Crippen LogP contribution < -0.4 is 10.6 Å². The van der Waals surface area contributed by atoms with E-state index in [1.54, 1.807) is 0 Å². The van der Waals surface area contributed by atoms with Crippen LogP contribution in [0.3, 0.4) is 0 Å². The van der Waals surface area contributed by atoms with Crippen molar-refractivity contribution in [2.75, 3.05) is 38.6 Å². The van der Waals surface area contributed by atoms with Gasteiger partial charge in [-0.3, -0.25) is 9.59 Å². The molecule has 0 radical (unpaired) electrons. The number of primary amides is 1. The molecule has 0 aliphatic carbocycles. The number of hydrogen-bond donors (Lipinski definition) is 1. The molecule has 2 rings (SSSR count). The normalized spacial score (nSPS) is 17.2. The summed E-state index contributed by atoms with van der Waals surface area (Å²) in [5.74, 6) is -0.00434. The van der Waals surface area contributed by atoms with Crippen LogP contribution in [0.5, 0.6) is 0 Å². The van der Waals surface area contributed by atoms with E-state index in [2.05, 4.69) is 33.9 Å². The average Bonchev–Trinajstić information content (AvgIpc) is 3.04. The van der Waals surface area contributed by atoms with Crippen molar-refractivity contribution in [2.24, 2.45) is 5.73 Å². The van der Waals surface area contributed by atoms with Gasteiger partial charge in [-0.1, -0.05) is 0 Å². The smallest absolute Gasteiger partial charge is 0.292 e. The Labute approximate surface area is 155 Å². The van der Waals surface area contributed by atoms with E-state index in [-0.39, 0.29) is 24.3 Å². The van der Waals surface area contributed by atoms with Gasteiger partial charge in [0.25, 0.3) is 5.91 Å². The number of nitrogens with two attached hydrogens (primary N) is 1. The summed E-state index contributed by atoms with van der Waals surface area (Å²) in [7, 11) is 4.15. The highest BCUT2D eigenvalue weighted by atomic mass is 16.2. The van der Waals surface area contributed by atoms with Crippen molar-refractivity contribution in [1.29, 1.82) is 0 Å². The lowest BCUT2D eigenvalue weighted by Gasteiger charge is -2.26. The molecule has 0 bridgehead atoms. The van der Waals surface area contributed by atoms with E-state index < -0.39 is 5.91 Å². The second-order valence-electron chi connectivity index (χ2n) is 7.43. The molecular formula is C18H30N6O2. The molecule has 1 fully saturated rings. The van der Waals surface area contributed by atoms with E-state index in [4.69, 9.17) is 5.73 Å². The maximum Gasteiger partial charge on any atom is 0.292 e. The van der Waals surface area contributed by atoms with Gasteiger partial charge in [0.2, 0.25) is 11.7 Å². The van der Waals surface area contributed by atoms with Crippen LogP contribution in [-0.2, 0) is 4.79 Å². The van der Waals surface area contributed by atoms with Crippen LogP contribution in [0.4, 0.5) is 5.82 Å². The third-order valence-corrected chi connectivity index (χ3v) is 4.96. The summed E-state index contributed by atoms with van der Waals surface area (Å²) in [5, 5.41) is 0. The van der Waals surface area contributed by atoms with Gasteiger partial charge >= 0.3 is 0 Å². The molecule has 2 heterocycles. The van der Waals surface area contributed by atoms with E-state index in [1.807, 2.05) is 27.7 Å². The minimum absolute atomic E-state index is 0.117. The van der Waals surface area contributed by atoms with Gasteiger partial charge in [-0.25, -0.2) is 9.97 Å². The number of amides is 2. The monoisotopic (exact) mass is 362 g/mol. The summed E-state index contributed by atoms with van der Waals surface area (Å²) in [6.45, 7) is 9.15. The van der Waals surface area contributed by atoms with Crippen LogP contribution in [-0.4, -0.2) is 77.4 Å². The minimum Gasteiger partial charge on any atom is -0.368 e. The molecule has 0 saturated carbocycles. The maximum atomic E-state index is 12.9. The lowest BCUT2D eigenvalue weighted by molar-refractivity contribution is -0.119. The first-order chi connectivity index (χ1) is 12.1. The molecule has 0 spiro atoms. The van der Waals surface area contributed by atoms with E-state index >= 15 is 0 Å². The van der Waals surface area contributed by atoms with Crippen molar-refractivity contribution < 1.29 is 9.59 Å². The molecule has 1 saturated heterocycles. The lowest BCUT2D eigenvalue weighted by Crippen LogP contribution is -2.43. The van der Waals surface area contributed by atoms with Crippen LogP contribution in [0.15, 0.2) is 0 Å². The zero-order valence-electron chi connectivity index (χ0n) is 16.6. The predicted molar refractivity (Wildman–Crippen MR) is 101 cm³/mol. The Bertz CT molecular complexity index is 689. The Balaban J connectivity index is 2.35. The topological polar surface area (TPSA) is 95.7 Å². The molecular weight excluding hydrogens is 332 g/mol. The standard InChI is InChI=1S/C18H30N6O2/c1-11(2)24(10-15(19)25)18(26)16-20-13(4)12(3)17(21-16)23-8-7-14(9-23)22(5)6/h11,14H,7-10H2,1-6H3,(H2,19,25)/t14-/m1/s1. The van der Waals surface area contributed by atoms with E-state index in [1.165, 1.54) is 4.90 Å². The number of carbonyl (C=O) groups is 2. The number of aromatic nitrogens is 2. The highest BCUT2D eigenvalue weighted by Gasteiger charge is 2.29. The van der Waals surface area contributed by atoms with Crippen molar-refractivity contribution >= 4 is 17.6 Å². The number of hydrogen-bond acceptors (Lipinski definition) is 6. The number of aryl methyl sites for hydroxylation is 1. The summed E-state index contributed by atoms with van der Waals surface area (Å²) in [6.07, 6.45) is 1.05. The second-order valence-corrected chi connectivity index (χ2v) is 7.43. The summed E-state index contributed by atoms with van der Waals surface area (Å²) in [4.78, 5) is 39.0. The number of nitrogens with zero attached hydrogens (tertiary/aromatic N) is 5. The number of anilines is 1. The van der Waals surface area contributed by atoms with Crippen LogP contribution in [0, 0.1) is 13.8 Å². The van der Waals surface area contributed by atoms with Gasteiger partial charge in [0.1, 0.15) is 5.82 Å². The van der Waals surface area contributed by atoms with Crippen LogP contribution in [0.2, 0.25) is 0 Å². The molecule has 0 aromatic carbocycles. The molecule has 2 N–H and O–H groups in total. The third-order valence-electron chi connectivity index (χ3n) is 4.96. The maximum absolute atomic E-state index is 12.9. The zero-order valence-corrected chi connectivity index (χ0v) is 16.6. The Morgan fingerprint density at radius 3 is 2.42 bits per heavy atom. The summed E-state index contributed by atoms with van der Waals surface area (Å²) < 4.78 is 0. The van der Waals surface area contributed by atoms with Crippen molar-refractivity contribution in [1.82, 2.24) is 19.8 Å². The Kier molecular flexibility index (Phi) is 6.17. The molecule has 144 valence electrons. The van der Waals surface area contributed by atoms with Crippen molar-refractivity contribution in [3.8, 4) is 0 Å². The van der Waals surface area contributed by atoms with Gasteiger partial charge < -0.3 is 20.4 Å². The highest BCUT2D eigenvalue weighted by Crippen LogP contribution is 2.25. The fraction of sp³-hybridized carbons (Fsp3) is 0.667. The molecule has 1 aliphatic heterocycles. The first-order valence-electron chi connectivity index (χ1n) is 8.97. The van der Waals surface area contributed by atoms with Gasteiger partial charge in [-0.2, -0.15) is 0 Å². The van der Waals surface area contributed by atoms with Crippen molar-refractivity contribution in [3.05, 3.63) is 17.1 Å². The summed E-state index contributed by atoms with van der Waals surface area (Å²) >= 11 is 0. The molecule has 1 atom stereocenters. The first-order valence-corrected chi connectivity index (χ1v) is 8.97. The third kappa shape index (κ3) is 4.30. The van der Waals surface area contributed by atoms with E-state index in [0.29, 0.717) is 6.04 Å². The average molecular weight is 362 g/mol. The van der Waals surface area contributed by atoms with Crippen LogP contribution >= 0.6 is 0 Å². The molecule has 26 heavy (non-hydrogen) atoms. The van der Waals surface area contributed by atoms with Crippen molar-refractivity contribution in [2.45, 2.75) is 46.2 Å². The predicted octanol–water partition coefficient (Wildman–Crippen LogP) is 0.570. The lowest BCUT2D eigenvalue weighted by atomic mass is 10.2. The van der Waals surface area contributed by atoms with Gasteiger partial charge in [-0.05, 0) is 48.2 Å². The molecule has 1 aromatic heterocycles. The highest BCUT2D eigenvalue weighted by molar-refractivity contribution is 5.94. The summed E-state index contributed by atoms with van der Waals surface area (Å²) in [5.41, 5.74) is 7.04. The molecule has 2 amide bonds. The van der Waals surface area contributed by atoms with Crippen molar-refractivity contribution in [3.63, 3.8) is 0 Å². The SMILES string of the molecule is Cc1nc(C(=O)N(CC(N)=O)C(C)C)nc(N2CC[C@@H](N(C)C)C2)c1C. The largest absolute Gasteiger partial charge is 0.368 e. The van der Waals surface area contributed by atoms with E-state index in [0.717, 1.165) is 36.6 Å². The minimum atomic E-state index is -0.551. The fourth-order valence-electron chi connectivity index (χ4n) is 3.16. The fourth-order valence-corrected chi connectivity index (χ4v) is 3.16. The number of carbonyl (C=O) groups excluding carboxylic acids is 2. The number of rotatable bonds is 6. The Morgan fingerprint density at radius 1 is 1.27 bits per heavy atom. The van der Waals surface area contributed by atoms with Crippen LogP contribution in [0.1, 0.15) is 42.1 Å². The quantitative estimate of drug-likeness (QED) is 0.795. The van der Waals surface area contributed by atoms with Gasteiger partial charge in [-0.15, -0.1) is 0 Å². The Hall–Kier alpha value is -2.22. The van der Waals surface area contributed by atoms with Crippen LogP contribution in [0.25, 0.3) is 0 Å². The zero-order chi connectivity index (χ0) is 19.6. The molecule has 8 heteroatoms. The van der Waals surface area contributed by atoms with E-state index in [9.17, 15) is 9.59 Å². The molecule has 0 unspecified atom stereocenters. The molecule has 1 aromatic rings. The molecule has 8 nitrogen and oxygen atoms in total. The van der Waals surface area contributed by atoms with Gasteiger partial charge in [0.05, 0.1) is 6.54 Å². The molecule has 1 aliphatic rings. The first kappa shape index (κ1) is 20.1. The number of likely N-dealkylation sites (N-methyl/N-ethyl adjacent to an activating group) is 1. The second kappa shape index (κ2) is 7.99. The summed E-state index contributed by atoms with van der Waals surface area (Å²) in [6, 6.07) is 0.291. The van der Waals surface area contributed by atoms with Gasteiger partial charge in [0, 0.05) is 36.4 Å². The Morgan fingerprint density at radius 2 is 1.92 bits per heavy atom. The van der Waals surface area contributed by atoms with Gasteiger partial charge in [0.15, 0.2) is 0 Å².